The Labute approximate surface area is 100 Å². The van der Waals surface area contributed by atoms with E-state index in [-0.39, 0.29) is 5.82 Å². The SMILES string of the molecule is CC.Cc1ccc2[nH]c3ccc(F)cc3c2c1. The topological polar surface area (TPSA) is 15.8 Å². The quantitative estimate of drug-likeness (QED) is 0.570. The minimum absolute atomic E-state index is 0.190. The molecule has 1 heterocycles. The normalized spacial score (nSPS) is 10.4. The molecule has 0 aliphatic carbocycles. The Kier molecular flexibility index (Phi) is 3.14. The lowest BCUT2D eigenvalue weighted by Crippen LogP contribution is -1.73. The molecule has 2 heteroatoms. The van der Waals surface area contributed by atoms with Gasteiger partial charge in [-0.3, -0.25) is 0 Å². The maximum Gasteiger partial charge on any atom is 0.123 e. The van der Waals surface area contributed by atoms with Crippen LogP contribution in [-0.2, 0) is 0 Å². The third-order valence-corrected chi connectivity index (χ3v) is 2.72. The molecule has 1 aromatic heterocycles. The Balaban J connectivity index is 0.000000514. The van der Waals surface area contributed by atoms with E-state index < -0.39 is 0 Å². The van der Waals surface area contributed by atoms with Crippen LogP contribution in [-0.4, -0.2) is 4.98 Å². The molecule has 0 unspecified atom stereocenters. The van der Waals surface area contributed by atoms with Crippen LogP contribution in [0.25, 0.3) is 21.8 Å². The zero-order valence-corrected chi connectivity index (χ0v) is 10.3. The van der Waals surface area contributed by atoms with Crippen molar-refractivity contribution in [2.75, 3.05) is 0 Å². The Morgan fingerprint density at radius 2 is 1.47 bits per heavy atom. The molecule has 3 rings (SSSR count). The number of hydrogen-bond donors (Lipinski definition) is 1. The molecule has 17 heavy (non-hydrogen) atoms. The van der Waals surface area contributed by atoms with Crippen molar-refractivity contribution in [1.29, 1.82) is 0 Å². The van der Waals surface area contributed by atoms with Crippen LogP contribution in [0.15, 0.2) is 36.4 Å². The maximum absolute atomic E-state index is 13.1. The van der Waals surface area contributed by atoms with Gasteiger partial charge in [0.2, 0.25) is 0 Å². The van der Waals surface area contributed by atoms with Gasteiger partial charge in [-0.2, -0.15) is 0 Å². The number of rotatable bonds is 0. The van der Waals surface area contributed by atoms with Crippen LogP contribution >= 0.6 is 0 Å². The van der Waals surface area contributed by atoms with Crippen LogP contribution in [0.1, 0.15) is 19.4 Å². The van der Waals surface area contributed by atoms with Gasteiger partial charge in [0, 0.05) is 21.8 Å². The standard InChI is InChI=1S/C13H10FN.C2H6/c1-8-2-4-12-10(6-8)11-7-9(14)3-5-13(11)15-12;1-2/h2-7,15H,1H3;1-2H3. The fourth-order valence-electron chi connectivity index (χ4n) is 1.98. The van der Waals surface area contributed by atoms with E-state index in [4.69, 9.17) is 0 Å². The zero-order chi connectivity index (χ0) is 12.4. The van der Waals surface area contributed by atoms with Crippen LogP contribution in [0.4, 0.5) is 4.39 Å². The Morgan fingerprint density at radius 1 is 0.882 bits per heavy atom. The van der Waals surface area contributed by atoms with Crippen LogP contribution in [0.5, 0.6) is 0 Å². The summed E-state index contributed by atoms with van der Waals surface area (Å²) in [5.41, 5.74) is 3.23. The number of nitrogens with one attached hydrogen (secondary N) is 1. The molecule has 0 saturated heterocycles. The predicted octanol–water partition coefficient (Wildman–Crippen LogP) is 4.79. The molecule has 1 nitrogen and oxygen atoms in total. The minimum Gasteiger partial charge on any atom is -0.355 e. The van der Waals surface area contributed by atoms with Crippen molar-refractivity contribution >= 4 is 21.8 Å². The molecule has 0 bridgehead atoms. The molecule has 0 saturated carbocycles. The number of aromatic nitrogens is 1. The summed E-state index contributed by atoms with van der Waals surface area (Å²) in [7, 11) is 0. The second kappa shape index (κ2) is 4.58. The first kappa shape index (κ1) is 11.6. The predicted molar refractivity (Wildman–Crippen MR) is 71.8 cm³/mol. The lowest BCUT2D eigenvalue weighted by atomic mass is 10.1. The van der Waals surface area contributed by atoms with E-state index in [1.807, 2.05) is 32.9 Å². The summed E-state index contributed by atoms with van der Waals surface area (Å²) in [6.45, 7) is 6.04. The monoisotopic (exact) mass is 229 g/mol. The summed E-state index contributed by atoms with van der Waals surface area (Å²) in [6, 6.07) is 11.0. The second-order valence-corrected chi connectivity index (χ2v) is 3.86. The summed E-state index contributed by atoms with van der Waals surface area (Å²) in [5.74, 6) is -0.190. The highest BCUT2D eigenvalue weighted by molar-refractivity contribution is 6.07. The van der Waals surface area contributed by atoms with E-state index in [1.165, 1.54) is 11.6 Å². The molecule has 0 radical (unpaired) electrons. The summed E-state index contributed by atoms with van der Waals surface area (Å²) >= 11 is 0. The molecule has 0 spiro atoms. The van der Waals surface area contributed by atoms with E-state index in [0.29, 0.717) is 0 Å². The molecular weight excluding hydrogens is 213 g/mol. The van der Waals surface area contributed by atoms with Gasteiger partial charge in [-0.25, -0.2) is 4.39 Å². The van der Waals surface area contributed by atoms with Gasteiger partial charge in [-0.05, 0) is 37.3 Å². The van der Waals surface area contributed by atoms with E-state index >= 15 is 0 Å². The van der Waals surface area contributed by atoms with Crippen LogP contribution in [0, 0.1) is 12.7 Å². The number of aromatic amines is 1. The molecule has 0 atom stereocenters. The maximum atomic E-state index is 13.1. The Bertz CT molecular complexity index is 596. The number of halogens is 1. The Morgan fingerprint density at radius 3 is 2.18 bits per heavy atom. The summed E-state index contributed by atoms with van der Waals surface area (Å²) < 4.78 is 13.1. The number of benzene rings is 2. The van der Waals surface area contributed by atoms with Crippen molar-refractivity contribution in [3.05, 3.63) is 47.8 Å². The van der Waals surface area contributed by atoms with Crippen molar-refractivity contribution in [3.63, 3.8) is 0 Å². The van der Waals surface area contributed by atoms with Gasteiger partial charge < -0.3 is 4.98 Å². The number of H-pyrrole nitrogens is 1. The number of hydrogen-bond acceptors (Lipinski definition) is 0. The molecule has 0 aliphatic rings. The van der Waals surface area contributed by atoms with Gasteiger partial charge in [-0.15, -0.1) is 0 Å². The van der Waals surface area contributed by atoms with Gasteiger partial charge in [0.1, 0.15) is 5.82 Å². The summed E-state index contributed by atoms with van der Waals surface area (Å²) in [5, 5.41) is 2.04. The average Bonchev–Trinajstić information content (AvgIpc) is 2.69. The molecule has 0 fully saturated rings. The van der Waals surface area contributed by atoms with E-state index in [0.717, 1.165) is 21.8 Å². The van der Waals surface area contributed by atoms with E-state index in [9.17, 15) is 4.39 Å². The van der Waals surface area contributed by atoms with Gasteiger partial charge >= 0.3 is 0 Å². The highest BCUT2D eigenvalue weighted by Gasteiger charge is 2.04. The number of aryl methyl sites for hydroxylation is 1. The van der Waals surface area contributed by atoms with E-state index in [1.54, 1.807) is 12.1 Å². The molecule has 0 aliphatic heterocycles. The van der Waals surface area contributed by atoms with Crippen molar-refractivity contribution in [2.24, 2.45) is 0 Å². The molecule has 2 aromatic carbocycles. The van der Waals surface area contributed by atoms with Gasteiger partial charge in [0.25, 0.3) is 0 Å². The number of fused-ring (bicyclic) bond motifs is 3. The molecular formula is C15H16FN. The smallest absolute Gasteiger partial charge is 0.123 e. The summed E-state index contributed by atoms with van der Waals surface area (Å²) in [4.78, 5) is 3.27. The lowest BCUT2D eigenvalue weighted by molar-refractivity contribution is 0.630. The van der Waals surface area contributed by atoms with Crippen LogP contribution in [0.2, 0.25) is 0 Å². The summed E-state index contributed by atoms with van der Waals surface area (Å²) in [6.07, 6.45) is 0. The van der Waals surface area contributed by atoms with Crippen LogP contribution < -0.4 is 0 Å². The van der Waals surface area contributed by atoms with Crippen molar-refractivity contribution in [3.8, 4) is 0 Å². The van der Waals surface area contributed by atoms with Gasteiger partial charge in [0.15, 0.2) is 0 Å². The fraction of sp³-hybridized carbons (Fsp3) is 0.200. The molecule has 3 aromatic rings. The third-order valence-electron chi connectivity index (χ3n) is 2.72. The fourth-order valence-corrected chi connectivity index (χ4v) is 1.98. The highest BCUT2D eigenvalue weighted by Crippen LogP contribution is 2.26. The lowest BCUT2D eigenvalue weighted by Gasteiger charge is -1.93. The largest absolute Gasteiger partial charge is 0.355 e. The molecule has 1 N–H and O–H groups in total. The molecule has 0 amide bonds. The van der Waals surface area contributed by atoms with Crippen LogP contribution in [0.3, 0.4) is 0 Å². The van der Waals surface area contributed by atoms with Crippen molar-refractivity contribution in [2.45, 2.75) is 20.8 Å². The van der Waals surface area contributed by atoms with Gasteiger partial charge in [0.05, 0.1) is 0 Å². The first-order valence-electron chi connectivity index (χ1n) is 5.92. The second-order valence-electron chi connectivity index (χ2n) is 3.86. The van der Waals surface area contributed by atoms with Crippen molar-refractivity contribution in [1.82, 2.24) is 4.98 Å². The first-order valence-corrected chi connectivity index (χ1v) is 5.92. The third kappa shape index (κ3) is 2.03. The molecule has 88 valence electrons. The minimum atomic E-state index is -0.190. The van der Waals surface area contributed by atoms with Crippen molar-refractivity contribution < 1.29 is 4.39 Å². The first-order chi connectivity index (χ1) is 8.24. The van der Waals surface area contributed by atoms with Gasteiger partial charge in [-0.1, -0.05) is 25.5 Å². The highest BCUT2D eigenvalue weighted by atomic mass is 19.1. The average molecular weight is 229 g/mol. The zero-order valence-electron chi connectivity index (χ0n) is 10.3. The Hall–Kier alpha value is -1.83. The van der Waals surface area contributed by atoms with E-state index in [2.05, 4.69) is 11.1 Å².